The highest BCUT2D eigenvalue weighted by Crippen LogP contribution is 2.17. The molecule has 0 bridgehead atoms. The van der Waals surface area contributed by atoms with Crippen molar-refractivity contribution in [2.75, 3.05) is 37.5 Å². The molecule has 0 amide bonds. The van der Waals surface area contributed by atoms with Crippen LogP contribution in [0.25, 0.3) is 0 Å². The van der Waals surface area contributed by atoms with Crippen LogP contribution in [0.3, 0.4) is 0 Å². The number of hydrogen-bond acceptors (Lipinski definition) is 3. The molecule has 0 spiro atoms. The summed E-state index contributed by atoms with van der Waals surface area (Å²) in [6, 6.07) is 11.0. The first-order chi connectivity index (χ1) is 11.5. The Bertz CT molecular complexity index is 695. The second-order valence-electron chi connectivity index (χ2n) is 5.12. The fraction of sp³-hybridized carbons (Fsp3) is 0.235. The Morgan fingerprint density at radius 2 is 1.88 bits per heavy atom. The van der Waals surface area contributed by atoms with Crippen molar-refractivity contribution in [3.8, 4) is 5.75 Å². The largest absolute Gasteiger partial charge is 0.497 e. The molecule has 0 aliphatic rings. The molecule has 0 fully saturated rings. The number of anilines is 2. The molecular weight excluding hydrogens is 332 g/mol. The summed E-state index contributed by atoms with van der Waals surface area (Å²) in [4.78, 5) is 2.05. The third-order valence-electron chi connectivity index (χ3n) is 3.43. The van der Waals surface area contributed by atoms with Gasteiger partial charge in [0.1, 0.15) is 17.4 Å². The Morgan fingerprint density at radius 1 is 1.17 bits per heavy atom. The fourth-order valence-corrected chi connectivity index (χ4v) is 2.27. The van der Waals surface area contributed by atoms with Gasteiger partial charge in [-0.1, -0.05) is 0 Å². The second-order valence-corrected chi connectivity index (χ2v) is 5.53. The van der Waals surface area contributed by atoms with Gasteiger partial charge >= 0.3 is 0 Å². The van der Waals surface area contributed by atoms with Crippen LogP contribution in [0, 0.1) is 11.6 Å². The lowest BCUT2D eigenvalue weighted by Gasteiger charge is -2.20. The van der Waals surface area contributed by atoms with Gasteiger partial charge in [-0.2, -0.15) is 0 Å². The number of hydrogen-bond donors (Lipinski definition) is 2. The number of likely N-dealkylation sites (N-methyl/N-ethyl adjacent to an activating group) is 1. The van der Waals surface area contributed by atoms with Crippen LogP contribution >= 0.6 is 12.2 Å². The number of benzene rings is 2. The van der Waals surface area contributed by atoms with Crippen molar-refractivity contribution >= 4 is 28.7 Å². The van der Waals surface area contributed by atoms with E-state index in [1.54, 1.807) is 7.11 Å². The molecule has 0 heterocycles. The molecule has 0 saturated heterocycles. The SMILES string of the molecule is COc1ccc(N(C)CCNC(=S)Nc2ccc(F)cc2F)cc1. The zero-order valence-corrected chi connectivity index (χ0v) is 14.3. The molecule has 0 aliphatic carbocycles. The summed E-state index contributed by atoms with van der Waals surface area (Å²) in [6.45, 7) is 1.26. The number of nitrogens with one attached hydrogen (secondary N) is 2. The summed E-state index contributed by atoms with van der Waals surface area (Å²) in [6.07, 6.45) is 0. The molecule has 0 aliphatic heterocycles. The van der Waals surface area contributed by atoms with Crippen molar-refractivity contribution in [1.82, 2.24) is 5.32 Å². The number of halogens is 2. The number of rotatable bonds is 6. The molecule has 128 valence electrons. The second kappa shape index (κ2) is 8.44. The first kappa shape index (κ1) is 17.9. The Hall–Kier alpha value is -2.41. The molecule has 24 heavy (non-hydrogen) atoms. The smallest absolute Gasteiger partial charge is 0.170 e. The fourth-order valence-electron chi connectivity index (χ4n) is 2.06. The van der Waals surface area contributed by atoms with Gasteiger partial charge in [-0.05, 0) is 48.6 Å². The lowest BCUT2D eigenvalue weighted by Crippen LogP contribution is -2.35. The van der Waals surface area contributed by atoms with E-state index in [0.29, 0.717) is 13.1 Å². The highest BCUT2D eigenvalue weighted by molar-refractivity contribution is 7.80. The normalized spacial score (nSPS) is 10.2. The minimum Gasteiger partial charge on any atom is -0.497 e. The highest BCUT2D eigenvalue weighted by Gasteiger charge is 2.06. The maximum absolute atomic E-state index is 13.5. The summed E-state index contributed by atoms with van der Waals surface area (Å²) >= 11 is 5.11. The Morgan fingerprint density at radius 3 is 2.50 bits per heavy atom. The highest BCUT2D eigenvalue weighted by atomic mass is 32.1. The molecule has 2 rings (SSSR count). The minimum absolute atomic E-state index is 0.136. The van der Waals surface area contributed by atoms with E-state index < -0.39 is 11.6 Å². The summed E-state index contributed by atoms with van der Waals surface area (Å²) < 4.78 is 31.5. The van der Waals surface area contributed by atoms with Crippen LogP contribution < -0.4 is 20.3 Å². The first-order valence-corrected chi connectivity index (χ1v) is 7.75. The lowest BCUT2D eigenvalue weighted by atomic mass is 10.3. The number of nitrogens with zero attached hydrogens (tertiary/aromatic N) is 1. The van der Waals surface area contributed by atoms with Crippen LogP contribution in [0.4, 0.5) is 20.2 Å². The third kappa shape index (κ3) is 5.06. The lowest BCUT2D eigenvalue weighted by molar-refractivity contribution is 0.415. The van der Waals surface area contributed by atoms with E-state index in [2.05, 4.69) is 10.6 Å². The van der Waals surface area contributed by atoms with Gasteiger partial charge in [-0.15, -0.1) is 0 Å². The Kier molecular flexibility index (Phi) is 6.31. The van der Waals surface area contributed by atoms with Gasteiger partial charge in [0.15, 0.2) is 5.11 Å². The summed E-state index contributed by atoms with van der Waals surface area (Å²) in [5, 5.41) is 5.98. The molecule has 0 unspecified atom stereocenters. The maximum atomic E-state index is 13.5. The molecule has 7 heteroatoms. The maximum Gasteiger partial charge on any atom is 0.170 e. The quantitative estimate of drug-likeness (QED) is 0.780. The third-order valence-corrected chi connectivity index (χ3v) is 3.67. The monoisotopic (exact) mass is 351 g/mol. The van der Waals surface area contributed by atoms with Crippen molar-refractivity contribution in [3.63, 3.8) is 0 Å². The average Bonchev–Trinajstić information content (AvgIpc) is 2.57. The van der Waals surface area contributed by atoms with Crippen LogP contribution in [0.2, 0.25) is 0 Å². The predicted octanol–water partition coefficient (Wildman–Crippen LogP) is 3.40. The topological polar surface area (TPSA) is 36.5 Å². The average molecular weight is 351 g/mol. The van der Waals surface area contributed by atoms with Gasteiger partial charge < -0.3 is 20.3 Å². The van der Waals surface area contributed by atoms with Crippen LogP contribution in [-0.4, -0.2) is 32.4 Å². The molecule has 4 nitrogen and oxygen atoms in total. The van der Waals surface area contributed by atoms with Gasteiger partial charge in [0.05, 0.1) is 12.8 Å². The summed E-state index contributed by atoms with van der Waals surface area (Å²) in [7, 11) is 3.58. The number of ether oxygens (including phenoxy) is 1. The molecular formula is C17H19F2N3OS. The van der Waals surface area contributed by atoms with Gasteiger partial charge in [0, 0.05) is 31.9 Å². The summed E-state index contributed by atoms with van der Waals surface area (Å²) in [5.41, 5.74) is 1.18. The molecule has 2 aromatic rings. The number of methoxy groups -OCH3 is 1. The van der Waals surface area contributed by atoms with Gasteiger partial charge in [-0.3, -0.25) is 0 Å². The van der Waals surface area contributed by atoms with E-state index in [-0.39, 0.29) is 10.8 Å². The van der Waals surface area contributed by atoms with E-state index in [1.165, 1.54) is 12.1 Å². The standard InChI is InChI=1S/C17H19F2N3OS/c1-22(13-4-6-14(23-2)7-5-13)10-9-20-17(24)21-16-8-3-12(18)11-15(16)19/h3-8,11H,9-10H2,1-2H3,(H2,20,21,24). The van der Waals surface area contributed by atoms with E-state index in [1.807, 2.05) is 36.2 Å². The first-order valence-electron chi connectivity index (χ1n) is 7.34. The Balaban J connectivity index is 1.79. The van der Waals surface area contributed by atoms with Crippen LogP contribution in [0.5, 0.6) is 5.75 Å². The van der Waals surface area contributed by atoms with Crippen molar-refractivity contribution in [1.29, 1.82) is 0 Å². The zero-order valence-electron chi connectivity index (χ0n) is 13.5. The number of thiocarbonyl (C=S) groups is 1. The minimum atomic E-state index is -0.686. The van der Waals surface area contributed by atoms with Gasteiger partial charge in [-0.25, -0.2) is 8.78 Å². The van der Waals surface area contributed by atoms with Crippen molar-refractivity contribution in [2.24, 2.45) is 0 Å². The molecule has 0 radical (unpaired) electrons. The molecule has 0 saturated carbocycles. The van der Waals surface area contributed by atoms with E-state index in [0.717, 1.165) is 17.5 Å². The van der Waals surface area contributed by atoms with E-state index >= 15 is 0 Å². The van der Waals surface area contributed by atoms with Gasteiger partial charge in [0.2, 0.25) is 0 Å². The predicted molar refractivity (Wildman–Crippen MR) is 96.8 cm³/mol. The molecule has 0 atom stereocenters. The van der Waals surface area contributed by atoms with Crippen LogP contribution in [-0.2, 0) is 0 Å². The zero-order chi connectivity index (χ0) is 17.5. The van der Waals surface area contributed by atoms with Crippen molar-refractivity contribution in [2.45, 2.75) is 0 Å². The van der Waals surface area contributed by atoms with Crippen LogP contribution in [0.15, 0.2) is 42.5 Å². The van der Waals surface area contributed by atoms with Crippen molar-refractivity contribution in [3.05, 3.63) is 54.1 Å². The molecule has 2 aromatic carbocycles. The molecule has 0 aromatic heterocycles. The summed E-state index contributed by atoms with van der Waals surface area (Å²) in [5.74, 6) is -0.510. The van der Waals surface area contributed by atoms with E-state index in [4.69, 9.17) is 17.0 Å². The van der Waals surface area contributed by atoms with Gasteiger partial charge in [0.25, 0.3) is 0 Å². The van der Waals surface area contributed by atoms with E-state index in [9.17, 15) is 8.78 Å². The van der Waals surface area contributed by atoms with Crippen molar-refractivity contribution < 1.29 is 13.5 Å². The molecule has 2 N–H and O–H groups in total. The Labute approximate surface area is 145 Å². The van der Waals surface area contributed by atoms with Crippen LogP contribution in [0.1, 0.15) is 0 Å².